The summed E-state index contributed by atoms with van der Waals surface area (Å²) < 4.78 is 0. The van der Waals surface area contributed by atoms with Crippen LogP contribution in [0, 0.1) is 5.92 Å². The third-order valence-corrected chi connectivity index (χ3v) is 2.52. The SMILES string of the molecule is c1ccc(NCCC2CNC2)cc1. The van der Waals surface area contributed by atoms with E-state index in [2.05, 4.69) is 34.9 Å². The fraction of sp³-hybridized carbons (Fsp3) is 0.455. The Hall–Kier alpha value is -1.02. The van der Waals surface area contributed by atoms with E-state index in [9.17, 15) is 0 Å². The molecule has 0 spiro atoms. The Morgan fingerprint density at radius 1 is 1.23 bits per heavy atom. The van der Waals surface area contributed by atoms with Gasteiger partial charge in [-0.25, -0.2) is 0 Å². The van der Waals surface area contributed by atoms with Crippen LogP contribution in [0.1, 0.15) is 6.42 Å². The number of para-hydroxylation sites is 1. The Balaban J connectivity index is 1.67. The Labute approximate surface area is 79.4 Å². The maximum Gasteiger partial charge on any atom is 0.0340 e. The van der Waals surface area contributed by atoms with E-state index < -0.39 is 0 Å². The summed E-state index contributed by atoms with van der Waals surface area (Å²) in [5.74, 6) is 0.899. The number of rotatable bonds is 4. The zero-order chi connectivity index (χ0) is 8.93. The van der Waals surface area contributed by atoms with Gasteiger partial charge < -0.3 is 10.6 Å². The van der Waals surface area contributed by atoms with E-state index in [0.29, 0.717) is 0 Å². The molecule has 1 saturated heterocycles. The fourth-order valence-electron chi connectivity index (χ4n) is 1.53. The smallest absolute Gasteiger partial charge is 0.0340 e. The van der Waals surface area contributed by atoms with Gasteiger partial charge in [-0.3, -0.25) is 0 Å². The van der Waals surface area contributed by atoms with Gasteiger partial charge in [0.1, 0.15) is 0 Å². The van der Waals surface area contributed by atoms with Crippen molar-refractivity contribution in [2.45, 2.75) is 6.42 Å². The summed E-state index contributed by atoms with van der Waals surface area (Å²) in [5, 5.41) is 6.70. The molecule has 1 aliphatic heterocycles. The van der Waals surface area contributed by atoms with Crippen molar-refractivity contribution in [2.24, 2.45) is 5.92 Å². The van der Waals surface area contributed by atoms with Crippen LogP contribution in [0.5, 0.6) is 0 Å². The van der Waals surface area contributed by atoms with E-state index in [-0.39, 0.29) is 0 Å². The second-order valence-corrected chi connectivity index (χ2v) is 3.61. The molecule has 2 nitrogen and oxygen atoms in total. The Morgan fingerprint density at radius 2 is 2.00 bits per heavy atom. The highest BCUT2D eigenvalue weighted by Crippen LogP contribution is 2.10. The van der Waals surface area contributed by atoms with Crippen LogP contribution in [-0.4, -0.2) is 19.6 Å². The number of hydrogen-bond acceptors (Lipinski definition) is 2. The minimum atomic E-state index is 0.899. The van der Waals surface area contributed by atoms with Crippen LogP contribution in [0.2, 0.25) is 0 Å². The third-order valence-electron chi connectivity index (χ3n) is 2.52. The molecule has 0 aromatic heterocycles. The molecule has 2 rings (SSSR count). The summed E-state index contributed by atoms with van der Waals surface area (Å²) in [6, 6.07) is 10.4. The van der Waals surface area contributed by atoms with Gasteiger partial charge in [0.15, 0.2) is 0 Å². The molecular formula is C11H16N2. The van der Waals surface area contributed by atoms with Crippen LogP contribution in [0.4, 0.5) is 5.69 Å². The summed E-state index contributed by atoms with van der Waals surface area (Å²) in [7, 11) is 0. The average Bonchev–Trinajstić information content (AvgIpc) is 2.11. The first-order valence-electron chi connectivity index (χ1n) is 4.95. The molecule has 1 aromatic carbocycles. The van der Waals surface area contributed by atoms with Crippen LogP contribution in [0.15, 0.2) is 30.3 Å². The largest absolute Gasteiger partial charge is 0.385 e. The van der Waals surface area contributed by atoms with Crippen LogP contribution >= 0.6 is 0 Å². The summed E-state index contributed by atoms with van der Waals surface area (Å²) in [5.41, 5.74) is 1.23. The molecule has 70 valence electrons. The lowest BCUT2D eigenvalue weighted by Gasteiger charge is -2.27. The average molecular weight is 176 g/mol. The van der Waals surface area contributed by atoms with Crippen molar-refractivity contribution in [1.29, 1.82) is 0 Å². The van der Waals surface area contributed by atoms with Crippen molar-refractivity contribution in [3.8, 4) is 0 Å². The molecule has 0 bridgehead atoms. The second kappa shape index (κ2) is 4.28. The molecule has 0 radical (unpaired) electrons. The molecule has 2 N–H and O–H groups in total. The second-order valence-electron chi connectivity index (χ2n) is 3.61. The minimum Gasteiger partial charge on any atom is -0.385 e. The summed E-state index contributed by atoms with van der Waals surface area (Å²) in [6.45, 7) is 3.50. The van der Waals surface area contributed by atoms with Gasteiger partial charge in [-0.15, -0.1) is 0 Å². The van der Waals surface area contributed by atoms with Gasteiger partial charge >= 0.3 is 0 Å². The molecule has 13 heavy (non-hydrogen) atoms. The van der Waals surface area contributed by atoms with Crippen molar-refractivity contribution >= 4 is 5.69 Å². The van der Waals surface area contributed by atoms with E-state index in [1.165, 1.54) is 25.2 Å². The van der Waals surface area contributed by atoms with E-state index in [1.54, 1.807) is 0 Å². The van der Waals surface area contributed by atoms with Gasteiger partial charge in [-0.05, 0) is 37.6 Å². The molecule has 2 heteroatoms. The first kappa shape index (κ1) is 8.57. The lowest BCUT2D eigenvalue weighted by atomic mass is 10.00. The van der Waals surface area contributed by atoms with E-state index >= 15 is 0 Å². The van der Waals surface area contributed by atoms with Gasteiger partial charge in [0, 0.05) is 12.2 Å². The quantitative estimate of drug-likeness (QED) is 0.729. The van der Waals surface area contributed by atoms with Crippen LogP contribution in [0.3, 0.4) is 0 Å². The van der Waals surface area contributed by atoms with Crippen LogP contribution in [0.25, 0.3) is 0 Å². The lowest BCUT2D eigenvalue weighted by molar-refractivity contribution is 0.334. The molecule has 1 aromatic rings. The fourth-order valence-corrected chi connectivity index (χ4v) is 1.53. The first-order chi connectivity index (χ1) is 6.45. The van der Waals surface area contributed by atoms with E-state index in [1.807, 2.05) is 6.07 Å². The van der Waals surface area contributed by atoms with Gasteiger partial charge in [0.2, 0.25) is 0 Å². The standard InChI is InChI=1S/C11H16N2/c1-2-4-11(5-3-1)13-7-6-10-8-12-9-10/h1-5,10,12-13H,6-9H2. The summed E-state index contributed by atoms with van der Waals surface area (Å²) >= 11 is 0. The molecule has 1 heterocycles. The maximum atomic E-state index is 3.42. The minimum absolute atomic E-state index is 0.899. The lowest BCUT2D eigenvalue weighted by Crippen LogP contribution is -2.42. The predicted molar refractivity (Wildman–Crippen MR) is 55.9 cm³/mol. The van der Waals surface area contributed by atoms with Crippen molar-refractivity contribution in [3.05, 3.63) is 30.3 Å². The Kier molecular flexibility index (Phi) is 2.82. The van der Waals surface area contributed by atoms with Gasteiger partial charge in [-0.2, -0.15) is 0 Å². The molecule has 0 aliphatic carbocycles. The predicted octanol–water partition coefficient (Wildman–Crippen LogP) is 1.71. The van der Waals surface area contributed by atoms with Gasteiger partial charge in [0.25, 0.3) is 0 Å². The van der Waals surface area contributed by atoms with Gasteiger partial charge in [-0.1, -0.05) is 18.2 Å². The number of hydrogen-bond donors (Lipinski definition) is 2. The van der Waals surface area contributed by atoms with Crippen LogP contribution < -0.4 is 10.6 Å². The summed E-state index contributed by atoms with van der Waals surface area (Å²) in [6.07, 6.45) is 1.28. The summed E-state index contributed by atoms with van der Waals surface area (Å²) in [4.78, 5) is 0. The monoisotopic (exact) mass is 176 g/mol. The zero-order valence-corrected chi connectivity index (χ0v) is 7.79. The van der Waals surface area contributed by atoms with E-state index in [4.69, 9.17) is 0 Å². The highest BCUT2D eigenvalue weighted by molar-refractivity contribution is 5.42. The zero-order valence-electron chi connectivity index (χ0n) is 7.79. The molecule has 0 atom stereocenters. The van der Waals surface area contributed by atoms with Crippen LogP contribution in [-0.2, 0) is 0 Å². The molecule has 1 fully saturated rings. The maximum absolute atomic E-state index is 3.42. The number of benzene rings is 1. The van der Waals surface area contributed by atoms with Crippen molar-refractivity contribution < 1.29 is 0 Å². The first-order valence-corrected chi connectivity index (χ1v) is 4.95. The topological polar surface area (TPSA) is 24.1 Å². The molecule has 0 unspecified atom stereocenters. The Bertz CT molecular complexity index is 242. The third kappa shape index (κ3) is 2.46. The van der Waals surface area contributed by atoms with Crippen molar-refractivity contribution in [3.63, 3.8) is 0 Å². The van der Waals surface area contributed by atoms with Crippen molar-refractivity contribution in [2.75, 3.05) is 25.0 Å². The number of nitrogens with one attached hydrogen (secondary N) is 2. The van der Waals surface area contributed by atoms with Gasteiger partial charge in [0.05, 0.1) is 0 Å². The number of anilines is 1. The molecular weight excluding hydrogens is 160 g/mol. The normalized spacial score (nSPS) is 16.6. The molecule has 1 aliphatic rings. The van der Waals surface area contributed by atoms with E-state index in [0.717, 1.165) is 12.5 Å². The van der Waals surface area contributed by atoms with Crippen molar-refractivity contribution in [1.82, 2.24) is 5.32 Å². The highest BCUT2D eigenvalue weighted by Gasteiger charge is 2.15. The Morgan fingerprint density at radius 3 is 2.62 bits per heavy atom. The molecule has 0 saturated carbocycles. The highest BCUT2D eigenvalue weighted by atomic mass is 15.0. The molecule has 0 amide bonds.